The van der Waals surface area contributed by atoms with Crippen LogP contribution >= 0.6 is 11.6 Å². The fourth-order valence-corrected chi connectivity index (χ4v) is 2.09. The minimum absolute atomic E-state index is 0.301. The number of nitrogens with two attached hydrogens (primary N) is 2. The lowest BCUT2D eigenvalue weighted by Crippen LogP contribution is -2.14. The first-order chi connectivity index (χ1) is 8.38. The third-order valence-electron chi connectivity index (χ3n) is 2.70. The molecule has 0 bridgehead atoms. The zero-order valence-electron chi connectivity index (χ0n) is 9.80. The summed E-state index contributed by atoms with van der Waals surface area (Å²) < 4.78 is 38.0. The molecule has 0 fully saturated rings. The summed E-state index contributed by atoms with van der Waals surface area (Å²) in [5.41, 5.74) is 10.7. The van der Waals surface area contributed by atoms with Crippen LogP contribution in [0.3, 0.4) is 0 Å². The number of rotatable bonds is 5. The Bertz CT molecular complexity index is 393. The molecule has 0 spiro atoms. The lowest BCUT2D eigenvalue weighted by molar-refractivity contribution is -0.137. The molecule has 2 nitrogen and oxygen atoms in total. The second kappa shape index (κ2) is 6.41. The molecule has 18 heavy (non-hydrogen) atoms. The molecule has 6 heteroatoms. The van der Waals surface area contributed by atoms with E-state index in [0.29, 0.717) is 18.5 Å². The van der Waals surface area contributed by atoms with E-state index in [1.807, 2.05) is 0 Å². The van der Waals surface area contributed by atoms with Crippen LogP contribution in [0.2, 0.25) is 5.02 Å². The Labute approximate surface area is 109 Å². The Morgan fingerprint density at radius 3 is 2.44 bits per heavy atom. The van der Waals surface area contributed by atoms with E-state index in [2.05, 4.69) is 0 Å². The maximum Gasteiger partial charge on any atom is 0.417 e. The number of hydrogen-bond donors (Lipinski definition) is 2. The van der Waals surface area contributed by atoms with Gasteiger partial charge in [-0.2, -0.15) is 13.2 Å². The van der Waals surface area contributed by atoms with E-state index in [0.717, 1.165) is 18.9 Å². The highest BCUT2D eigenvalue weighted by atomic mass is 35.5. The standard InChI is InChI=1S/C12H16ClF3N2/c13-11-8(10(18)6-1-2-7-17)4-3-5-9(11)12(14,15)16/h3-5,10H,1-2,6-7,17-18H2/t10-/m1/s1. The van der Waals surface area contributed by atoms with Crippen molar-refractivity contribution in [3.05, 3.63) is 34.3 Å². The number of unbranched alkanes of at least 4 members (excludes halogenated alkanes) is 1. The van der Waals surface area contributed by atoms with E-state index < -0.39 is 17.8 Å². The summed E-state index contributed by atoms with van der Waals surface area (Å²) in [6, 6.07) is 3.32. The van der Waals surface area contributed by atoms with Crippen LogP contribution in [0.15, 0.2) is 18.2 Å². The van der Waals surface area contributed by atoms with Crippen molar-refractivity contribution in [2.75, 3.05) is 6.54 Å². The van der Waals surface area contributed by atoms with Crippen LogP contribution in [-0.4, -0.2) is 6.54 Å². The van der Waals surface area contributed by atoms with Crippen molar-refractivity contribution in [1.82, 2.24) is 0 Å². The summed E-state index contributed by atoms with van der Waals surface area (Å²) >= 11 is 5.78. The summed E-state index contributed by atoms with van der Waals surface area (Å²) in [6.45, 7) is 0.545. The predicted octanol–water partition coefficient (Wildman–Crippen LogP) is 3.49. The van der Waals surface area contributed by atoms with Crippen LogP contribution in [0.5, 0.6) is 0 Å². The SMILES string of the molecule is NCCCC[C@@H](N)c1cccc(C(F)(F)F)c1Cl. The van der Waals surface area contributed by atoms with Gasteiger partial charge in [0.2, 0.25) is 0 Å². The second-order valence-corrected chi connectivity index (χ2v) is 4.48. The summed E-state index contributed by atoms with van der Waals surface area (Å²) in [7, 11) is 0. The lowest BCUT2D eigenvalue weighted by Gasteiger charge is -2.17. The predicted molar refractivity (Wildman–Crippen MR) is 66.3 cm³/mol. The van der Waals surface area contributed by atoms with Gasteiger partial charge in [-0.05, 0) is 31.0 Å². The monoisotopic (exact) mass is 280 g/mol. The first kappa shape index (κ1) is 15.3. The van der Waals surface area contributed by atoms with Gasteiger partial charge < -0.3 is 11.5 Å². The first-order valence-corrected chi connectivity index (χ1v) is 6.07. The molecular formula is C12H16ClF3N2. The Morgan fingerprint density at radius 2 is 1.89 bits per heavy atom. The highest BCUT2D eigenvalue weighted by Crippen LogP contribution is 2.38. The largest absolute Gasteiger partial charge is 0.417 e. The van der Waals surface area contributed by atoms with E-state index in [4.69, 9.17) is 23.1 Å². The van der Waals surface area contributed by atoms with Crippen molar-refractivity contribution in [1.29, 1.82) is 0 Å². The molecule has 4 N–H and O–H groups in total. The molecular weight excluding hydrogens is 265 g/mol. The highest BCUT2D eigenvalue weighted by Gasteiger charge is 2.34. The minimum atomic E-state index is -4.45. The number of hydrogen-bond acceptors (Lipinski definition) is 2. The van der Waals surface area contributed by atoms with Crippen LogP contribution in [0, 0.1) is 0 Å². The fourth-order valence-electron chi connectivity index (χ4n) is 1.72. The summed E-state index contributed by atoms with van der Waals surface area (Å²) in [5.74, 6) is 0. The minimum Gasteiger partial charge on any atom is -0.330 e. The van der Waals surface area contributed by atoms with Gasteiger partial charge in [-0.25, -0.2) is 0 Å². The van der Waals surface area contributed by atoms with Gasteiger partial charge in [0, 0.05) is 6.04 Å². The number of alkyl halides is 3. The third-order valence-corrected chi connectivity index (χ3v) is 3.12. The zero-order chi connectivity index (χ0) is 13.8. The third kappa shape index (κ3) is 3.86. The molecule has 0 saturated heterocycles. The van der Waals surface area contributed by atoms with Gasteiger partial charge in [0.05, 0.1) is 10.6 Å². The van der Waals surface area contributed by atoms with Gasteiger partial charge in [0.1, 0.15) is 0 Å². The maximum absolute atomic E-state index is 12.7. The average molecular weight is 281 g/mol. The fraction of sp³-hybridized carbons (Fsp3) is 0.500. The lowest BCUT2D eigenvalue weighted by atomic mass is 9.99. The summed E-state index contributed by atoms with van der Waals surface area (Å²) in [6.07, 6.45) is -2.32. The molecule has 0 aromatic heterocycles. The molecule has 0 aliphatic carbocycles. The van der Waals surface area contributed by atoms with Crippen molar-refractivity contribution < 1.29 is 13.2 Å². The quantitative estimate of drug-likeness (QED) is 0.811. The van der Waals surface area contributed by atoms with Crippen LogP contribution in [0.4, 0.5) is 13.2 Å². The van der Waals surface area contributed by atoms with Crippen LogP contribution < -0.4 is 11.5 Å². The van der Waals surface area contributed by atoms with Gasteiger partial charge in [0.15, 0.2) is 0 Å². The molecule has 1 atom stereocenters. The first-order valence-electron chi connectivity index (χ1n) is 5.69. The van der Waals surface area contributed by atoms with Gasteiger partial charge in [0.25, 0.3) is 0 Å². The van der Waals surface area contributed by atoms with Crippen molar-refractivity contribution in [2.45, 2.75) is 31.5 Å². The van der Waals surface area contributed by atoms with E-state index in [-0.39, 0.29) is 5.02 Å². The van der Waals surface area contributed by atoms with E-state index in [1.165, 1.54) is 12.1 Å². The second-order valence-electron chi connectivity index (χ2n) is 4.10. The Balaban J connectivity index is 2.90. The summed E-state index contributed by atoms with van der Waals surface area (Å²) in [5, 5.41) is -0.301. The van der Waals surface area contributed by atoms with Crippen molar-refractivity contribution >= 4 is 11.6 Å². The Hall–Kier alpha value is -0.780. The topological polar surface area (TPSA) is 52.0 Å². The van der Waals surface area contributed by atoms with Crippen LogP contribution in [-0.2, 0) is 6.18 Å². The molecule has 0 amide bonds. The van der Waals surface area contributed by atoms with E-state index in [1.54, 1.807) is 0 Å². The molecule has 1 aromatic carbocycles. The smallest absolute Gasteiger partial charge is 0.330 e. The molecule has 102 valence electrons. The molecule has 1 aromatic rings. The molecule has 0 radical (unpaired) electrons. The van der Waals surface area contributed by atoms with Crippen LogP contribution in [0.25, 0.3) is 0 Å². The van der Waals surface area contributed by atoms with Crippen molar-refractivity contribution in [3.8, 4) is 0 Å². The maximum atomic E-state index is 12.7. The Kier molecular flexibility index (Phi) is 5.44. The molecule has 0 aliphatic rings. The molecule has 0 unspecified atom stereocenters. The van der Waals surface area contributed by atoms with Gasteiger partial charge >= 0.3 is 6.18 Å². The normalized spacial score (nSPS) is 13.7. The molecule has 0 heterocycles. The van der Waals surface area contributed by atoms with Gasteiger partial charge in [-0.15, -0.1) is 0 Å². The Morgan fingerprint density at radius 1 is 1.22 bits per heavy atom. The number of benzene rings is 1. The van der Waals surface area contributed by atoms with E-state index in [9.17, 15) is 13.2 Å². The molecule has 1 rings (SSSR count). The van der Waals surface area contributed by atoms with Gasteiger partial charge in [-0.3, -0.25) is 0 Å². The number of halogens is 4. The van der Waals surface area contributed by atoms with Crippen LogP contribution in [0.1, 0.15) is 36.4 Å². The zero-order valence-corrected chi connectivity index (χ0v) is 10.6. The highest BCUT2D eigenvalue weighted by molar-refractivity contribution is 6.32. The van der Waals surface area contributed by atoms with E-state index >= 15 is 0 Å². The average Bonchev–Trinajstić information content (AvgIpc) is 2.28. The molecule has 0 saturated carbocycles. The van der Waals surface area contributed by atoms with Crippen molar-refractivity contribution in [2.24, 2.45) is 11.5 Å². The van der Waals surface area contributed by atoms with Crippen molar-refractivity contribution in [3.63, 3.8) is 0 Å². The molecule has 0 aliphatic heterocycles. The van der Waals surface area contributed by atoms with Gasteiger partial charge in [-0.1, -0.05) is 30.2 Å². The summed E-state index contributed by atoms with van der Waals surface area (Å²) in [4.78, 5) is 0.